The molecule has 0 saturated heterocycles. The van der Waals surface area contributed by atoms with Crippen molar-refractivity contribution in [2.45, 2.75) is 38.7 Å². The molecule has 0 heterocycles. The van der Waals surface area contributed by atoms with Crippen LogP contribution >= 0.6 is 0 Å². The summed E-state index contributed by atoms with van der Waals surface area (Å²) in [5, 5.41) is 2.50. The summed E-state index contributed by atoms with van der Waals surface area (Å²) >= 11 is 0. The highest BCUT2D eigenvalue weighted by Gasteiger charge is 2.30. The molecule has 1 unspecified atom stereocenters. The summed E-state index contributed by atoms with van der Waals surface area (Å²) in [6.45, 7) is 6.75. The Morgan fingerprint density at radius 1 is 1.30 bits per heavy atom. The number of hydrogen-bond donors (Lipinski definition) is 1. The Morgan fingerprint density at radius 3 is 2.40 bits per heavy atom. The molecular weight excluding hydrogens is 261 g/mol. The van der Waals surface area contributed by atoms with Crippen molar-refractivity contribution < 1.29 is 18.7 Å². The molecule has 1 aromatic rings. The molecule has 0 saturated carbocycles. The summed E-state index contributed by atoms with van der Waals surface area (Å²) in [4.78, 5) is 22.9. The second-order valence-electron chi connectivity index (χ2n) is 5.87. The number of aldehydes is 1. The molecule has 0 aliphatic carbocycles. The minimum Gasteiger partial charge on any atom is -0.444 e. The van der Waals surface area contributed by atoms with Crippen LogP contribution in [0.1, 0.15) is 33.3 Å². The Hall–Kier alpha value is -1.91. The number of carbonyl (C=O) groups excluding carboxylic acids is 2. The van der Waals surface area contributed by atoms with Crippen LogP contribution in [-0.2, 0) is 14.9 Å². The number of amides is 1. The number of nitrogens with one attached hydrogen (secondary N) is 1. The minimum absolute atomic E-state index is 0.0354. The first kappa shape index (κ1) is 16.1. The Morgan fingerprint density at radius 2 is 1.90 bits per heavy atom. The van der Waals surface area contributed by atoms with Gasteiger partial charge in [0.2, 0.25) is 0 Å². The normalized spacial score (nSPS) is 14.2. The van der Waals surface area contributed by atoms with Gasteiger partial charge in [0.05, 0.1) is 5.41 Å². The number of carbonyl (C=O) groups is 2. The number of ether oxygens (including phenoxy) is 1. The van der Waals surface area contributed by atoms with Gasteiger partial charge in [0.15, 0.2) is 0 Å². The molecule has 110 valence electrons. The summed E-state index contributed by atoms with van der Waals surface area (Å²) < 4.78 is 18.8. The van der Waals surface area contributed by atoms with Gasteiger partial charge in [-0.15, -0.1) is 0 Å². The average molecular weight is 281 g/mol. The largest absolute Gasteiger partial charge is 0.444 e. The maximum absolute atomic E-state index is 13.8. The van der Waals surface area contributed by atoms with Gasteiger partial charge < -0.3 is 14.8 Å². The smallest absolute Gasteiger partial charge is 0.407 e. The van der Waals surface area contributed by atoms with E-state index in [0.29, 0.717) is 6.29 Å². The van der Waals surface area contributed by atoms with Gasteiger partial charge in [-0.2, -0.15) is 0 Å². The second kappa shape index (κ2) is 6.03. The molecular formula is C15H20FNO3. The summed E-state index contributed by atoms with van der Waals surface area (Å²) in [5.74, 6) is -0.479. The molecule has 1 aromatic carbocycles. The highest BCUT2D eigenvalue weighted by atomic mass is 19.1. The van der Waals surface area contributed by atoms with Gasteiger partial charge in [0, 0.05) is 12.1 Å². The van der Waals surface area contributed by atoms with Gasteiger partial charge in [-0.25, -0.2) is 9.18 Å². The van der Waals surface area contributed by atoms with Gasteiger partial charge in [-0.05, 0) is 33.8 Å². The molecule has 0 bridgehead atoms. The van der Waals surface area contributed by atoms with Crippen molar-refractivity contribution in [3.63, 3.8) is 0 Å². The number of hydrogen-bond acceptors (Lipinski definition) is 3. The van der Waals surface area contributed by atoms with Gasteiger partial charge in [-0.3, -0.25) is 0 Å². The lowest BCUT2D eigenvalue weighted by Gasteiger charge is -2.26. The van der Waals surface area contributed by atoms with Crippen LogP contribution in [0.4, 0.5) is 9.18 Å². The van der Waals surface area contributed by atoms with Gasteiger partial charge >= 0.3 is 6.09 Å². The number of rotatable bonds is 4. The average Bonchev–Trinajstić information content (AvgIpc) is 2.34. The molecule has 5 heteroatoms. The highest BCUT2D eigenvalue weighted by Crippen LogP contribution is 2.23. The summed E-state index contributed by atoms with van der Waals surface area (Å²) in [6, 6.07) is 6.00. The predicted molar refractivity (Wildman–Crippen MR) is 74.1 cm³/mol. The summed E-state index contributed by atoms with van der Waals surface area (Å²) in [5.41, 5.74) is -1.52. The van der Waals surface area contributed by atoms with E-state index in [1.807, 2.05) is 0 Å². The molecule has 0 aliphatic rings. The van der Waals surface area contributed by atoms with E-state index in [0.717, 1.165) is 0 Å². The first-order chi connectivity index (χ1) is 9.18. The molecule has 4 nitrogen and oxygen atoms in total. The fraction of sp³-hybridized carbons (Fsp3) is 0.467. The van der Waals surface area contributed by atoms with Crippen LogP contribution in [0.3, 0.4) is 0 Å². The Bertz CT molecular complexity index is 496. The standard InChI is InChI=1S/C15H20FNO3/c1-14(2,3)20-13(19)17-9-15(4,10-18)11-7-5-6-8-12(11)16/h5-8,10H,9H2,1-4H3,(H,17,19). The van der Waals surface area contributed by atoms with Crippen LogP contribution in [0.2, 0.25) is 0 Å². The van der Waals surface area contributed by atoms with Crippen LogP contribution in [0.15, 0.2) is 24.3 Å². The van der Waals surface area contributed by atoms with Crippen molar-refractivity contribution in [3.8, 4) is 0 Å². The van der Waals surface area contributed by atoms with Crippen molar-refractivity contribution in [3.05, 3.63) is 35.6 Å². The topological polar surface area (TPSA) is 55.4 Å². The lowest BCUT2D eigenvalue weighted by molar-refractivity contribution is -0.112. The fourth-order valence-corrected chi connectivity index (χ4v) is 1.69. The highest BCUT2D eigenvalue weighted by molar-refractivity contribution is 5.72. The lowest BCUT2D eigenvalue weighted by atomic mass is 9.83. The van der Waals surface area contributed by atoms with E-state index >= 15 is 0 Å². The molecule has 0 spiro atoms. The molecule has 0 fully saturated rings. The summed E-state index contributed by atoms with van der Waals surface area (Å²) in [7, 11) is 0. The molecule has 1 rings (SSSR count). The molecule has 20 heavy (non-hydrogen) atoms. The van der Waals surface area contributed by atoms with E-state index in [9.17, 15) is 14.0 Å². The van der Waals surface area contributed by atoms with Crippen LogP contribution < -0.4 is 5.32 Å². The van der Waals surface area contributed by atoms with E-state index in [-0.39, 0.29) is 12.1 Å². The third kappa shape index (κ3) is 4.33. The molecule has 1 N–H and O–H groups in total. The van der Waals surface area contributed by atoms with E-state index in [4.69, 9.17) is 4.74 Å². The van der Waals surface area contributed by atoms with Crippen molar-refractivity contribution in [2.24, 2.45) is 0 Å². The van der Waals surface area contributed by atoms with Crippen LogP contribution in [0.25, 0.3) is 0 Å². The van der Waals surface area contributed by atoms with E-state index in [1.54, 1.807) is 39.8 Å². The number of benzene rings is 1. The fourth-order valence-electron chi connectivity index (χ4n) is 1.69. The molecule has 1 atom stereocenters. The quantitative estimate of drug-likeness (QED) is 0.863. The maximum atomic E-state index is 13.8. The zero-order valence-corrected chi connectivity index (χ0v) is 12.2. The Balaban J connectivity index is 2.79. The zero-order chi connectivity index (χ0) is 15.4. The zero-order valence-electron chi connectivity index (χ0n) is 12.2. The van der Waals surface area contributed by atoms with E-state index in [2.05, 4.69) is 5.32 Å². The first-order valence-electron chi connectivity index (χ1n) is 6.36. The van der Waals surface area contributed by atoms with Crippen LogP contribution in [-0.4, -0.2) is 24.5 Å². The molecule has 1 amide bonds. The van der Waals surface area contributed by atoms with Crippen LogP contribution in [0.5, 0.6) is 0 Å². The van der Waals surface area contributed by atoms with E-state index < -0.39 is 22.9 Å². The third-order valence-electron chi connectivity index (χ3n) is 2.75. The Kier molecular flexibility index (Phi) is 4.87. The van der Waals surface area contributed by atoms with Crippen LogP contribution in [0, 0.1) is 5.82 Å². The molecule has 0 aliphatic heterocycles. The summed E-state index contributed by atoms with van der Waals surface area (Å²) in [6.07, 6.45) is -0.00936. The van der Waals surface area contributed by atoms with Gasteiger partial charge in [0.25, 0.3) is 0 Å². The number of halogens is 1. The Labute approximate surface area is 118 Å². The minimum atomic E-state index is -1.14. The van der Waals surface area contributed by atoms with Gasteiger partial charge in [0.1, 0.15) is 17.7 Å². The second-order valence-corrected chi connectivity index (χ2v) is 5.87. The van der Waals surface area contributed by atoms with Gasteiger partial charge in [-0.1, -0.05) is 18.2 Å². The third-order valence-corrected chi connectivity index (χ3v) is 2.75. The molecule has 0 radical (unpaired) electrons. The van der Waals surface area contributed by atoms with E-state index in [1.165, 1.54) is 12.1 Å². The van der Waals surface area contributed by atoms with Crippen molar-refractivity contribution >= 4 is 12.4 Å². The number of alkyl carbamates (subject to hydrolysis) is 1. The predicted octanol–water partition coefficient (Wildman–Crippen LogP) is 2.81. The maximum Gasteiger partial charge on any atom is 0.407 e. The SMILES string of the molecule is CC(C)(C)OC(=O)NCC(C)(C=O)c1ccccc1F. The van der Waals surface area contributed by atoms with Crippen molar-refractivity contribution in [2.75, 3.05) is 6.54 Å². The first-order valence-corrected chi connectivity index (χ1v) is 6.36. The van der Waals surface area contributed by atoms with Crippen molar-refractivity contribution in [1.29, 1.82) is 0 Å². The monoisotopic (exact) mass is 281 g/mol. The molecule has 0 aromatic heterocycles. The lowest BCUT2D eigenvalue weighted by Crippen LogP contribution is -2.42. The van der Waals surface area contributed by atoms with Crippen molar-refractivity contribution in [1.82, 2.24) is 5.32 Å².